The first-order chi connectivity index (χ1) is 11.0. The van der Waals surface area contributed by atoms with Crippen molar-refractivity contribution in [3.63, 3.8) is 0 Å². The molecule has 0 radical (unpaired) electrons. The molecule has 1 aliphatic rings. The molecule has 0 unspecified atom stereocenters. The number of H-pyrrole nitrogens is 1. The molecule has 1 amide bonds. The van der Waals surface area contributed by atoms with E-state index in [9.17, 15) is 14.3 Å². The number of nitrogens with zero attached hydrogens (tertiary/aromatic N) is 2. The molecule has 1 fully saturated rings. The van der Waals surface area contributed by atoms with Crippen LogP contribution in [0.15, 0.2) is 24.5 Å². The van der Waals surface area contributed by atoms with Crippen LogP contribution < -0.4 is 0 Å². The Morgan fingerprint density at radius 1 is 1.43 bits per heavy atom. The lowest BCUT2D eigenvalue weighted by Gasteiger charge is -2.31. The van der Waals surface area contributed by atoms with Gasteiger partial charge in [0.25, 0.3) is 5.91 Å². The van der Waals surface area contributed by atoms with Crippen LogP contribution >= 0.6 is 11.6 Å². The number of phenols is 1. The number of hydrogen-bond donors (Lipinski definition) is 2. The number of piperidine rings is 1. The average Bonchev–Trinajstić information content (AvgIpc) is 3.05. The van der Waals surface area contributed by atoms with E-state index in [1.165, 1.54) is 6.07 Å². The number of benzene rings is 1. The maximum atomic E-state index is 13.5. The van der Waals surface area contributed by atoms with Crippen LogP contribution in [0.2, 0.25) is 5.02 Å². The highest BCUT2D eigenvalue weighted by Crippen LogP contribution is 2.29. The normalized spacial score (nSPS) is 15.8. The molecule has 0 spiro atoms. The summed E-state index contributed by atoms with van der Waals surface area (Å²) < 4.78 is 13.5. The minimum absolute atomic E-state index is 0.152. The van der Waals surface area contributed by atoms with Crippen molar-refractivity contribution in [3.05, 3.63) is 46.8 Å². The van der Waals surface area contributed by atoms with Crippen LogP contribution in [0.1, 0.15) is 29.0 Å². The summed E-state index contributed by atoms with van der Waals surface area (Å²) in [6.45, 7) is 1.23. The molecule has 2 N–H and O–H groups in total. The first-order valence-corrected chi connectivity index (χ1v) is 7.88. The fourth-order valence-electron chi connectivity index (χ4n) is 2.89. The zero-order valence-corrected chi connectivity index (χ0v) is 13.2. The van der Waals surface area contributed by atoms with E-state index in [1.807, 2.05) is 0 Å². The van der Waals surface area contributed by atoms with Crippen molar-refractivity contribution in [1.29, 1.82) is 0 Å². The monoisotopic (exact) mass is 337 g/mol. The first-order valence-electron chi connectivity index (χ1n) is 7.50. The summed E-state index contributed by atoms with van der Waals surface area (Å²) in [6, 6.07) is 2.33. The Balaban J connectivity index is 1.62. The Morgan fingerprint density at radius 3 is 2.78 bits per heavy atom. The van der Waals surface area contributed by atoms with Crippen molar-refractivity contribution < 1.29 is 14.3 Å². The van der Waals surface area contributed by atoms with E-state index in [1.54, 1.807) is 17.3 Å². The van der Waals surface area contributed by atoms with Crippen molar-refractivity contribution in [2.45, 2.75) is 19.3 Å². The summed E-state index contributed by atoms with van der Waals surface area (Å²) >= 11 is 5.73. The van der Waals surface area contributed by atoms with Gasteiger partial charge >= 0.3 is 0 Å². The molecule has 0 aliphatic carbocycles. The third kappa shape index (κ3) is 3.47. The summed E-state index contributed by atoms with van der Waals surface area (Å²) in [5, 5.41) is 9.19. The van der Waals surface area contributed by atoms with E-state index in [0.29, 0.717) is 19.0 Å². The smallest absolute Gasteiger partial charge is 0.254 e. The van der Waals surface area contributed by atoms with Crippen LogP contribution in [0.25, 0.3) is 0 Å². The van der Waals surface area contributed by atoms with Crippen LogP contribution in [0.5, 0.6) is 5.75 Å². The van der Waals surface area contributed by atoms with Crippen LogP contribution in [-0.4, -0.2) is 39.0 Å². The number of amides is 1. The molecule has 23 heavy (non-hydrogen) atoms. The van der Waals surface area contributed by atoms with Crippen LogP contribution in [0.3, 0.4) is 0 Å². The Hall–Kier alpha value is -2.08. The molecular formula is C16H17ClFN3O2. The Morgan fingerprint density at radius 2 is 2.17 bits per heavy atom. The number of imidazole rings is 1. The quantitative estimate of drug-likeness (QED) is 0.904. The van der Waals surface area contributed by atoms with Gasteiger partial charge in [-0.3, -0.25) is 4.79 Å². The molecule has 0 atom stereocenters. The summed E-state index contributed by atoms with van der Waals surface area (Å²) in [4.78, 5) is 21.4. The lowest BCUT2D eigenvalue weighted by Crippen LogP contribution is -2.39. The molecule has 2 aromatic rings. The maximum Gasteiger partial charge on any atom is 0.254 e. The molecule has 122 valence electrons. The Bertz CT molecular complexity index is 674. The van der Waals surface area contributed by atoms with Crippen LogP contribution in [0.4, 0.5) is 4.39 Å². The van der Waals surface area contributed by atoms with E-state index < -0.39 is 11.6 Å². The second-order valence-electron chi connectivity index (χ2n) is 5.76. The predicted molar refractivity (Wildman–Crippen MR) is 84.0 cm³/mol. The zero-order chi connectivity index (χ0) is 16.4. The highest BCUT2D eigenvalue weighted by atomic mass is 35.5. The molecule has 5 nitrogen and oxygen atoms in total. The summed E-state index contributed by atoms with van der Waals surface area (Å²) in [5.41, 5.74) is 0.162. The van der Waals surface area contributed by atoms with Gasteiger partial charge in [0.05, 0.1) is 5.02 Å². The molecule has 1 aromatic carbocycles. The Labute approximate surface area is 138 Å². The van der Waals surface area contributed by atoms with Crippen LogP contribution in [-0.2, 0) is 6.42 Å². The van der Waals surface area contributed by atoms with Crippen molar-refractivity contribution in [2.24, 2.45) is 5.92 Å². The van der Waals surface area contributed by atoms with Crippen molar-refractivity contribution in [2.75, 3.05) is 13.1 Å². The van der Waals surface area contributed by atoms with E-state index >= 15 is 0 Å². The number of carbonyl (C=O) groups excluding carboxylic acids is 1. The number of aromatic nitrogens is 2. The topological polar surface area (TPSA) is 69.2 Å². The lowest BCUT2D eigenvalue weighted by molar-refractivity contribution is 0.0689. The molecule has 2 heterocycles. The SMILES string of the molecule is O=C(c1cc(F)c(O)c(Cl)c1)N1CCC(Cc2ncc[nH]2)CC1. The Kier molecular flexibility index (Phi) is 4.52. The highest BCUT2D eigenvalue weighted by molar-refractivity contribution is 6.32. The van der Waals surface area contributed by atoms with Gasteiger partial charge in [0.1, 0.15) is 5.82 Å². The number of aromatic amines is 1. The van der Waals surface area contributed by atoms with E-state index in [2.05, 4.69) is 9.97 Å². The van der Waals surface area contributed by atoms with Crippen LogP contribution in [0, 0.1) is 11.7 Å². The largest absolute Gasteiger partial charge is 0.504 e. The number of phenolic OH excluding ortho intramolecular Hbond substituents is 1. The molecule has 3 rings (SSSR count). The van der Waals surface area contributed by atoms with Gasteiger partial charge in [-0.1, -0.05) is 11.6 Å². The number of rotatable bonds is 3. The zero-order valence-electron chi connectivity index (χ0n) is 12.4. The summed E-state index contributed by atoms with van der Waals surface area (Å²) in [7, 11) is 0. The molecule has 0 saturated carbocycles. The number of likely N-dealkylation sites (tertiary alicyclic amines) is 1. The van der Waals surface area contributed by atoms with Gasteiger partial charge in [0, 0.05) is 37.5 Å². The second-order valence-corrected chi connectivity index (χ2v) is 6.17. The molecular weight excluding hydrogens is 321 g/mol. The third-order valence-corrected chi connectivity index (χ3v) is 4.49. The van der Waals surface area contributed by atoms with E-state index in [0.717, 1.165) is 31.2 Å². The first kappa shape index (κ1) is 15.8. The highest BCUT2D eigenvalue weighted by Gasteiger charge is 2.25. The molecule has 1 aromatic heterocycles. The fraction of sp³-hybridized carbons (Fsp3) is 0.375. The lowest BCUT2D eigenvalue weighted by atomic mass is 9.93. The van der Waals surface area contributed by atoms with E-state index in [-0.39, 0.29) is 16.5 Å². The fourth-order valence-corrected chi connectivity index (χ4v) is 3.10. The minimum Gasteiger partial charge on any atom is -0.504 e. The van der Waals surface area contributed by atoms with Crippen molar-refractivity contribution in [3.8, 4) is 5.75 Å². The van der Waals surface area contributed by atoms with Crippen molar-refractivity contribution in [1.82, 2.24) is 14.9 Å². The molecule has 0 bridgehead atoms. The van der Waals surface area contributed by atoms with Gasteiger partial charge in [-0.2, -0.15) is 0 Å². The minimum atomic E-state index is -0.881. The molecule has 1 aliphatic heterocycles. The van der Waals surface area contributed by atoms with E-state index in [4.69, 9.17) is 11.6 Å². The number of aromatic hydroxyl groups is 1. The molecule has 7 heteroatoms. The summed E-state index contributed by atoms with van der Waals surface area (Å²) in [6.07, 6.45) is 6.16. The molecule has 1 saturated heterocycles. The number of carbonyl (C=O) groups is 1. The maximum absolute atomic E-state index is 13.5. The second kappa shape index (κ2) is 6.58. The van der Waals surface area contributed by atoms with Gasteiger partial charge in [-0.05, 0) is 30.9 Å². The predicted octanol–water partition coefficient (Wildman–Crippen LogP) is 3.00. The number of halogens is 2. The average molecular weight is 338 g/mol. The third-order valence-electron chi connectivity index (χ3n) is 4.20. The van der Waals surface area contributed by atoms with Crippen molar-refractivity contribution >= 4 is 17.5 Å². The number of hydrogen-bond acceptors (Lipinski definition) is 3. The van der Waals surface area contributed by atoms with Gasteiger partial charge in [0.2, 0.25) is 0 Å². The summed E-state index contributed by atoms with van der Waals surface area (Å²) in [5.74, 6) is -0.330. The van der Waals surface area contributed by atoms with Gasteiger partial charge in [0.15, 0.2) is 11.6 Å². The standard InChI is InChI=1S/C16H17ClFN3O2/c17-12-8-11(9-13(18)15(12)22)16(23)21-5-1-10(2-6-21)7-14-19-3-4-20-14/h3-4,8-10,22H,1-2,5-7H2,(H,19,20). The van der Waals surface area contributed by atoms with Gasteiger partial charge < -0.3 is 15.0 Å². The number of nitrogens with one attached hydrogen (secondary N) is 1. The van der Waals surface area contributed by atoms with Gasteiger partial charge in [-0.15, -0.1) is 0 Å². The van der Waals surface area contributed by atoms with Gasteiger partial charge in [-0.25, -0.2) is 9.37 Å².